The van der Waals surface area contributed by atoms with Gasteiger partial charge in [-0.25, -0.2) is 9.37 Å². The van der Waals surface area contributed by atoms with Crippen LogP contribution in [0.4, 0.5) is 4.39 Å². The van der Waals surface area contributed by atoms with Crippen molar-refractivity contribution in [2.75, 3.05) is 0 Å². The lowest BCUT2D eigenvalue weighted by atomic mass is 10.0. The third-order valence-corrected chi connectivity index (χ3v) is 3.75. The lowest BCUT2D eigenvalue weighted by molar-refractivity contribution is 0.281. The molecule has 0 aliphatic rings. The fourth-order valence-electron chi connectivity index (χ4n) is 2.63. The molecule has 0 saturated carbocycles. The molecule has 0 saturated heterocycles. The first-order valence-electron chi connectivity index (χ1n) is 7.04. The minimum absolute atomic E-state index is 0.107. The van der Waals surface area contributed by atoms with Gasteiger partial charge < -0.3 is 14.6 Å². The Kier molecular flexibility index (Phi) is 3.17. The quantitative estimate of drug-likeness (QED) is 0.607. The number of halogens is 1. The zero-order valence-electron chi connectivity index (χ0n) is 12.0. The van der Waals surface area contributed by atoms with Crippen molar-refractivity contribution in [3.8, 4) is 22.5 Å². The third kappa shape index (κ3) is 2.20. The number of aliphatic hydroxyl groups is 1. The molecule has 23 heavy (non-hydrogen) atoms. The first-order valence-corrected chi connectivity index (χ1v) is 7.04. The summed E-state index contributed by atoms with van der Waals surface area (Å²) in [6.07, 6.45) is 4.83. The van der Waals surface area contributed by atoms with E-state index in [0.29, 0.717) is 28.1 Å². The molecular weight excluding hydrogens is 297 g/mol. The summed E-state index contributed by atoms with van der Waals surface area (Å²) in [7, 11) is 0. The summed E-state index contributed by atoms with van der Waals surface area (Å²) in [5, 5.41) is 13.9. The van der Waals surface area contributed by atoms with Gasteiger partial charge in [-0.1, -0.05) is 23.4 Å². The highest BCUT2D eigenvalue weighted by Crippen LogP contribution is 2.36. The van der Waals surface area contributed by atoms with Gasteiger partial charge in [0.2, 0.25) is 0 Å². The normalized spacial score (nSPS) is 11.2. The van der Waals surface area contributed by atoms with Gasteiger partial charge in [-0.05, 0) is 17.7 Å². The Morgan fingerprint density at radius 2 is 2.00 bits per heavy atom. The number of aliphatic hydroxyl groups excluding tert-OH is 1. The maximum Gasteiger partial charge on any atom is 0.176 e. The molecule has 0 amide bonds. The molecule has 0 aliphatic carbocycles. The van der Waals surface area contributed by atoms with Gasteiger partial charge in [0.1, 0.15) is 11.5 Å². The van der Waals surface area contributed by atoms with Crippen molar-refractivity contribution in [3.05, 3.63) is 60.3 Å². The molecule has 0 bridgehead atoms. The number of hydrogen-bond donors (Lipinski definition) is 2. The number of pyridine rings is 1. The molecule has 4 aromatic rings. The predicted octanol–water partition coefficient (Wildman–Crippen LogP) is 3.52. The number of aromatic nitrogens is 3. The summed E-state index contributed by atoms with van der Waals surface area (Å²) in [4.78, 5) is 7.30. The predicted molar refractivity (Wildman–Crippen MR) is 82.9 cm³/mol. The summed E-state index contributed by atoms with van der Waals surface area (Å²) in [6, 6.07) is 8.29. The molecule has 5 nitrogen and oxygen atoms in total. The van der Waals surface area contributed by atoms with E-state index in [1.54, 1.807) is 30.6 Å². The maximum absolute atomic E-state index is 14.1. The van der Waals surface area contributed by atoms with Crippen LogP contribution in [-0.4, -0.2) is 20.2 Å². The lowest BCUT2D eigenvalue weighted by Gasteiger charge is -2.02. The Hall–Kier alpha value is -2.99. The molecule has 0 spiro atoms. The Bertz CT molecular complexity index is 990. The molecule has 3 heterocycles. The number of nitrogens with one attached hydrogen (secondary N) is 1. The molecule has 0 radical (unpaired) electrons. The van der Waals surface area contributed by atoms with Gasteiger partial charge in [-0.3, -0.25) is 0 Å². The summed E-state index contributed by atoms with van der Waals surface area (Å²) in [6.45, 7) is -0.107. The van der Waals surface area contributed by atoms with Crippen molar-refractivity contribution in [2.45, 2.75) is 6.61 Å². The van der Waals surface area contributed by atoms with Crippen molar-refractivity contribution in [2.24, 2.45) is 0 Å². The fourth-order valence-corrected chi connectivity index (χ4v) is 2.63. The molecule has 0 atom stereocenters. The average Bonchev–Trinajstić information content (AvgIpc) is 3.20. The van der Waals surface area contributed by atoms with E-state index >= 15 is 0 Å². The second-order valence-electron chi connectivity index (χ2n) is 5.15. The Balaban J connectivity index is 1.93. The molecule has 2 N–H and O–H groups in total. The third-order valence-electron chi connectivity index (χ3n) is 3.75. The minimum atomic E-state index is -0.342. The van der Waals surface area contributed by atoms with Gasteiger partial charge in [-0.2, -0.15) is 0 Å². The van der Waals surface area contributed by atoms with E-state index in [2.05, 4.69) is 15.1 Å². The SMILES string of the molecule is OCc1cnc2[nH]cc(-c3oncc3-c3ccccc3F)c2c1. The minimum Gasteiger partial charge on any atom is -0.392 e. The van der Waals surface area contributed by atoms with Crippen molar-refractivity contribution >= 4 is 11.0 Å². The van der Waals surface area contributed by atoms with Crippen LogP contribution in [0.3, 0.4) is 0 Å². The Morgan fingerprint density at radius 1 is 1.13 bits per heavy atom. The Labute approximate surface area is 130 Å². The highest BCUT2D eigenvalue weighted by molar-refractivity contribution is 5.96. The van der Waals surface area contributed by atoms with E-state index in [9.17, 15) is 9.50 Å². The highest BCUT2D eigenvalue weighted by Gasteiger charge is 2.19. The van der Waals surface area contributed by atoms with E-state index in [0.717, 1.165) is 10.9 Å². The van der Waals surface area contributed by atoms with Crippen LogP contribution in [0.1, 0.15) is 5.56 Å². The first kappa shape index (κ1) is 13.7. The number of hydrogen-bond acceptors (Lipinski definition) is 4. The van der Waals surface area contributed by atoms with Crippen LogP contribution in [0.2, 0.25) is 0 Å². The van der Waals surface area contributed by atoms with Crippen LogP contribution in [0, 0.1) is 5.82 Å². The maximum atomic E-state index is 14.1. The number of fused-ring (bicyclic) bond motifs is 1. The van der Waals surface area contributed by atoms with E-state index in [1.165, 1.54) is 12.3 Å². The number of rotatable bonds is 3. The summed E-state index contributed by atoms with van der Waals surface area (Å²) in [5.74, 6) is 0.115. The van der Waals surface area contributed by atoms with Gasteiger partial charge in [0.05, 0.1) is 18.4 Å². The van der Waals surface area contributed by atoms with Crippen molar-refractivity contribution < 1.29 is 14.0 Å². The molecule has 4 rings (SSSR count). The van der Waals surface area contributed by atoms with Gasteiger partial charge in [0, 0.05) is 28.9 Å². The van der Waals surface area contributed by atoms with Gasteiger partial charge in [-0.15, -0.1) is 0 Å². The second-order valence-corrected chi connectivity index (χ2v) is 5.15. The Morgan fingerprint density at radius 3 is 2.83 bits per heavy atom. The van der Waals surface area contributed by atoms with Crippen LogP contribution in [0.25, 0.3) is 33.5 Å². The zero-order valence-corrected chi connectivity index (χ0v) is 12.0. The van der Waals surface area contributed by atoms with E-state index in [1.807, 2.05) is 6.07 Å². The largest absolute Gasteiger partial charge is 0.392 e. The summed E-state index contributed by atoms with van der Waals surface area (Å²) >= 11 is 0. The monoisotopic (exact) mass is 309 g/mol. The highest BCUT2D eigenvalue weighted by atomic mass is 19.1. The number of aromatic amines is 1. The molecule has 0 fully saturated rings. The van der Waals surface area contributed by atoms with Crippen LogP contribution in [0.5, 0.6) is 0 Å². The molecule has 1 aromatic carbocycles. The van der Waals surface area contributed by atoms with Gasteiger partial charge >= 0.3 is 0 Å². The van der Waals surface area contributed by atoms with Gasteiger partial charge in [0.15, 0.2) is 5.76 Å². The van der Waals surface area contributed by atoms with Crippen LogP contribution >= 0.6 is 0 Å². The zero-order chi connectivity index (χ0) is 15.8. The molecular formula is C17H12FN3O2. The van der Waals surface area contributed by atoms with Crippen molar-refractivity contribution in [3.63, 3.8) is 0 Å². The number of nitrogens with zero attached hydrogens (tertiary/aromatic N) is 2. The second kappa shape index (κ2) is 5.33. The summed E-state index contributed by atoms with van der Waals surface area (Å²) < 4.78 is 19.5. The molecule has 114 valence electrons. The number of benzene rings is 1. The van der Waals surface area contributed by atoms with Crippen LogP contribution < -0.4 is 0 Å². The van der Waals surface area contributed by atoms with Gasteiger partial charge in [0.25, 0.3) is 0 Å². The standard InChI is InChI=1S/C17H12FN3O2/c18-15-4-2-1-3-11(15)14-8-21-23-16(14)13-7-20-17-12(13)5-10(9-22)6-19-17/h1-8,22H,9H2,(H,19,20). The molecule has 6 heteroatoms. The van der Waals surface area contributed by atoms with Crippen molar-refractivity contribution in [1.82, 2.24) is 15.1 Å². The van der Waals surface area contributed by atoms with Crippen LogP contribution in [-0.2, 0) is 6.61 Å². The van der Waals surface area contributed by atoms with E-state index < -0.39 is 0 Å². The van der Waals surface area contributed by atoms with Crippen molar-refractivity contribution in [1.29, 1.82) is 0 Å². The first-order chi connectivity index (χ1) is 11.3. The fraction of sp³-hybridized carbons (Fsp3) is 0.0588. The topological polar surface area (TPSA) is 74.9 Å². The smallest absolute Gasteiger partial charge is 0.176 e. The molecule has 0 unspecified atom stereocenters. The molecule has 3 aromatic heterocycles. The average molecular weight is 309 g/mol. The van der Waals surface area contributed by atoms with Crippen LogP contribution in [0.15, 0.2) is 53.4 Å². The number of H-pyrrole nitrogens is 1. The van der Waals surface area contributed by atoms with E-state index in [-0.39, 0.29) is 12.4 Å². The summed E-state index contributed by atoms with van der Waals surface area (Å²) in [5.41, 5.74) is 3.06. The lowest BCUT2D eigenvalue weighted by Crippen LogP contribution is -1.87. The van der Waals surface area contributed by atoms with E-state index in [4.69, 9.17) is 4.52 Å². The molecule has 0 aliphatic heterocycles.